The molecule has 0 aliphatic carbocycles. The first-order chi connectivity index (χ1) is 11.9. The molecule has 0 bridgehead atoms. The fourth-order valence-electron chi connectivity index (χ4n) is 2.85. The number of benzene rings is 1. The van der Waals surface area contributed by atoms with E-state index in [0.29, 0.717) is 26.1 Å². The molecule has 1 aromatic carbocycles. The zero-order chi connectivity index (χ0) is 17.9. The number of aliphatic carboxylic acids is 1. The quantitative estimate of drug-likeness (QED) is 0.789. The van der Waals surface area contributed by atoms with Crippen molar-refractivity contribution in [3.8, 4) is 0 Å². The number of aliphatic imine (C=N–C) groups is 1. The van der Waals surface area contributed by atoms with Crippen molar-refractivity contribution in [2.75, 3.05) is 13.2 Å². The summed E-state index contributed by atoms with van der Waals surface area (Å²) in [6, 6.07) is 7.02. The van der Waals surface area contributed by atoms with E-state index in [4.69, 9.17) is 9.47 Å². The molecule has 134 valence electrons. The monoisotopic (exact) mass is 344 g/mol. The number of nitrogens with one attached hydrogen (secondary N) is 1. The van der Waals surface area contributed by atoms with Crippen LogP contribution >= 0.6 is 0 Å². The smallest absolute Gasteiger partial charge is 0.328 e. The Morgan fingerprint density at radius 2 is 2.12 bits per heavy atom. The van der Waals surface area contributed by atoms with Gasteiger partial charge in [0.25, 0.3) is 0 Å². The minimum absolute atomic E-state index is 0.0204. The number of ether oxygens (including phenoxy) is 2. The van der Waals surface area contributed by atoms with Gasteiger partial charge in [0, 0.05) is 41.6 Å². The van der Waals surface area contributed by atoms with Crippen LogP contribution in [0.4, 0.5) is 0 Å². The van der Waals surface area contributed by atoms with Crippen molar-refractivity contribution in [1.29, 1.82) is 0 Å². The second kappa shape index (κ2) is 7.37. The van der Waals surface area contributed by atoms with E-state index in [1.807, 2.05) is 30.5 Å². The summed E-state index contributed by atoms with van der Waals surface area (Å²) >= 11 is 0. The van der Waals surface area contributed by atoms with E-state index >= 15 is 0 Å². The number of rotatable bonds is 6. The van der Waals surface area contributed by atoms with Crippen molar-refractivity contribution in [2.24, 2.45) is 10.4 Å². The number of fused-ring (bicyclic) bond motifs is 1. The van der Waals surface area contributed by atoms with Crippen molar-refractivity contribution in [2.45, 2.75) is 39.0 Å². The van der Waals surface area contributed by atoms with Gasteiger partial charge in [-0.2, -0.15) is 0 Å². The highest BCUT2D eigenvalue weighted by molar-refractivity contribution is 5.84. The maximum absolute atomic E-state index is 11.5. The van der Waals surface area contributed by atoms with E-state index in [2.05, 4.69) is 23.8 Å². The average Bonchev–Trinajstić information content (AvgIpc) is 2.98. The van der Waals surface area contributed by atoms with Crippen LogP contribution in [0.5, 0.6) is 0 Å². The highest BCUT2D eigenvalue weighted by Gasteiger charge is 2.27. The molecule has 0 radical (unpaired) electrons. The Morgan fingerprint density at radius 1 is 1.40 bits per heavy atom. The average molecular weight is 344 g/mol. The van der Waals surface area contributed by atoms with Crippen LogP contribution in [0.3, 0.4) is 0 Å². The van der Waals surface area contributed by atoms with Gasteiger partial charge in [0.05, 0.1) is 13.2 Å². The summed E-state index contributed by atoms with van der Waals surface area (Å²) in [6.07, 6.45) is 3.91. The van der Waals surface area contributed by atoms with Crippen LogP contribution < -0.4 is 0 Å². The number of nitrogens with zero attached hydrogens (tertiary/aromatic N) is 1. The van der Waals surface area contributed by atoms with Crippen LogP contribution in [-0.2, 0) is 20.7 Å². The molecule has 1 fully saturated rings. The Hall–Kier alpha value is -2.18. The van der Waals surface area contributed by atoms with Gasteiger partial charge in [0.1, 0.15) is 0 Å². The maximum Gasteiger partial charge on any atom is 0.328 e. The predicted molar refractivity (Wildman–Crippen MR) is 96.0 cm³/mol. The third-order valence-electron chi connectivity index (χ3n) is 4.28. The van der Waals surface area contributed by atoms with Gasteiger partial charge < -0.3 is 19.6 Å². The van der Waals surface area contributed by atoms with Crippen LogP contribution in [0.25, 0.3) is 10.9 Å². The number of carbonyl (C=O) groups is 1. The first kappa shape index (κ1) is 17.6. The Labute approximate surface area is 146 Å². The molecule has 6 nitrogen and oxygen atoms in total. The van der Waals surface area contributed by atoms with Gasteiger partial charge >= 0.3 is 5.97 Å². The number of H-pyrrole nitrogens is 1. The predicted octanol–water partition coefficient (Wildman–Crippen LogP) is 3.02. The zero-order valence-corrected chi connectivity index (χ0v) is 14.6. The lowest BCUT2D eigenvalue weighted by Gasteiger charge is -2.34. The van der Waals surface area contributed by atoms with Gasteiger partial charge in [-0.3, -0.25) is 4.99 Å². The SMILES string of the molecule is CC1(C)COC(CC=N[C@@H](Cc2c[nH]c3ccccc23)C(=O)O)OC1. The van der Waals surface area contributed by atoms with Crippen molar-refractivity contribution in [1.82, 2.24) is 4.98 Å². The lowest BCUT2D eigenvalue weighted by Crippen LogP contribution is -2.37. The summed E-state index contributed by atoms with van der Waals surface area (Å²) in [4.78, 5) is 18.9. The van der Waals surface area contributed by atoms with Crippen molar-refractivity contribution in [3.63, 3.8) is 0 Å². The maximum atomic E-state index is 11.5. The zero-order valence-electron chi connectivity index (χ0n) is 14.6. The molecular formula is C19H24N2O4. The second-order valence-electron chi connectivity index (χ2n) is 7.20. The summed E-state index contributed by atoms with van der Waals surface area (Å²) in [7, 11) is 0. The molecule has 1 aliphatic heterocycles. The van der Waals surface area contributed by atoms with E-state index in [-0.39, 0.29) is 11.7 Å². The molecule has 1 aliphatic rings. The van der Waals surface area contributed by atoms with Crippen LogP contribution in [0.1, 0.15) is 25.8 Å². The third-order valence-corrected chi connectivity index (χ3v) is 4.28. The molecule has 3 rings (SSSR count). The number of aromatic amines is 1. The molecule has 6 heteroatoms. The Kier molecular flexibility index (Phi) is 5.20. The number of carboxylic acids is 1. The van der Waals surface area contributed by atoms with Gasteiger partial charge in [-0.25, -0.2) is 4.79 Å². The van der Waals surface area contributed by atoms with Gasteiger partial charge in [0.2, 0.25) is 0 Å². The van der Waals surface area contributed by atoms with E-state index in [1.54, 1.807) is 6.21 Å². The lowest BCUT2D eigenvalue weighted by atomic mass is 9.95. The molecule has 2 N–H and O–H groups in total. The van der Waals surface area contributed by atoms with Crippen molar-refractivity contribution >= 4 is 23.1 Å². The van der Waals surface area contributed by atoms with Crippen molar-refractivity contribution in [3.05, 3.63) is 36.0 Å². The molecule has 1 atom stereocenters. The normalized spacial score (nSPS) is 19.4. The number of hydrogen-bond donors (Lipinski definition) is 2. The summed E-state index contributed by atoms with van der Waals surface area (Å²) in [6.45, 7) is 5.42. The molecule has 2 heterocycles. The van der Waals surface area contributed by atoms with E-state index in [1.165, 1.54) is 0 Å². The van der Waals surface area contributed by atoms with Crippen molar-refractivity contribution < 1.29 is 19.4 Å². The second-order valence-corrected chi connectivity index (χ2v) is 7.20. The fraction of sp³-hybridized carbons (Fsp3) is 0.474. The number of hydrogen-bond acceptors (Lipinski definition) is 4. The number of aromatic nitrogens is 1. The van der Waals surface area contributed by atoms with Gasteiger partial charge in [-0.15, -0.1) is 0 Å². The van der Waals surface area contributed by atoms with Crippen LogP contribution in [-0.4, -0.2) is 47.8 Å². The largest absolute Gasteiger partial charge is 0.480 e. The van der Waals surface area contributed by atoms with E-state index in [9.17, 15) is 9.90 Å². The third kappa shape index (κ3) is 4.46. The fourth-order valence-corrected chi connectivity index (χ4v) is 2.85. The minimum Gasteiger partial charge on any atom is -0.480 e. The molecule has 25 heavy (non-hydrogen) atoms. The Balaban J connectivity index is 1.61. The van der Waals surface area contributed by atoms with E-state index < -0.39 is 12.0 Å². The summed E-state index contributed by atoms with van der Waals surface area (Å²) in [5, 5.41) is 10.5. The van der Waals surface area contributed by atoms with E-state index in [0.717, 1.165) is 16.5 Å². The minimum atomic E-state index is -0.937. The van der Waals surface area contributed by atoms with Gasteiger partial charge in [-0.05, 0) is 11.6 Å². The number of para-hydroxylation sites is 1. The first-order valence-electron chi connectivity index (χ1n) is 8.47. The lowest BCUT2D eigenvalue weighted by molar-refractivity contribution is -0.217. The topological polar surface area (TPSA) is 83.9 Å². The van der Waals surface area contributed by atoms with Crippen LogP contribution in [0.2, 0.25) is 0 Å². The Bertz CT molecular complexity index is 756. The van der Waals surface area contributed by atoms with Crippen LogP contribution in [0, 0.1) is 5.41 Å². The summed E-state index contributed by atoms with van der Waals surface area (Å²) in [5.41, 5.74) is 1.97. The molecule has 0 unspecified atom stereocenters. The standard InChI is InChI=1S/C19H24N2O4/c1-19(2)11-24-17(25-12-19)7-8-20-16(18(22)23)9-13-10-21-15-6-4-3-5-14(13)15/h3-6,8,10,16-17,21H,7,9,11-12H2,1-2H3,(H,22,23)/t16-/m0/s1. The number of carboxylic acid groups (broad SMARTS) is 1. The Morgan fingerprint density at radius 3 is 2.84 bits per heavy atom. The first-order valence-corrected chi connectivity index (χ1v) is 8.47. The molecule has 2 aromatic rings. The highest BCUT2D eigenvalue weighted by Crippen LogP contribution is 2.24. The molecule has 0 saturated carbocycles. The highest BCUT2D eigenvalue weighted by atomic mass is 16.7. The molecule has 1 saturated heterocycles. The van der Waals surface area contributed by atoms with Crippen LogP contribution in [0.15, 0.2) is 35.5 Å². The molecule has 1 aromatic heterocycles. The van der Waals surface area contributed by atoms with Gasteiger partial charge in [0.15, 0.2) is 12.3 Å². The molecular weight excluding hydrogens is 320 g/mol. The molecule has 0 amide bonds. The molecule has 0 spiro atoms. The van der Waals surface area contributed by atoms with Gasteiger partial charge in [-0.1, -0.05) is 32.0 Å². The summed E-state index contributed by atoms with van der Waals surface area (Å²) in [5.74, 6) is -0.937. The summed E-state index contributed by atoms with van der Waals surface area (Å²) < 4.78 is 11.3.